The Kier molecular flexibility index (Phi) is 65.3. The van der Waals surface area contributed by atoms with Crippen LogP contribution in [0, 0.1) is 0 Å². The molecule has 506 valence electrons. The second-order valence-electron chi connectivity index (χ2n) is 24.8. The van der Waals surface area contributed by atoms with Gasteiger partial charge in [0.05, 0.1) is 34.4 Å². The fourth-order valence-corrected chi connectivity index (χ4v) is 9.67. The lowest BCUT2D eigenvalue weighted by atomic mass is 10.0. The Bertz CT molecular complexity index is 1970. The highest BCUT2D eigenvalue weighted by Gasteiger charge is 2.25. The van der Waals surface area contributed by atoms with E-state index in [0.29, 0.717) is 23.9 Å². The summed E-state index contributed by atoms with van der Waals surface area (Å²) in [5, 5.41) is 9.76. The third-order valence-electron chi connectivity index (χ3n) is 15.1. The number of nitrogens with zero attached hydrogens (tertiary/aromatic N) is 1. The van der Waals surface area contributed by atoms with Crippen molar-refractivity contribution in [1.29, 1.82) is 0 Å². The minimum absolute atomic E-state index is 0.181. The van der Waals surface area contributed by atoms with Gasteiger partial charge in [0.15, 0.2) is 6.10 Å². The zero-order valence-corrected chi connectivity index (χ0v) is 57.8. The van der Waals surface area contributed by atoms with Gasteiger partial charge in [-0.05, 0) is 116 Å². The van der Waals surface area contributed by atoms with Crippen LogP contribution in [0.5, 0.6) is 0 Å². The summed E-state index contributed by atoms with van der Waals surface area (Å²) in [4.78, 5) is 37.7. The predicted molar refractivity (Wildman–Crippen MR) is 382 cm³/mol. The molecule has 2 unspecified atom stereocenters. The third-order valence-corrected chi connectivity index (χ3v) is 15.1. The Labute approximate surface area is 547 Å². The molecule has 1 N–H and O–H groups in total. The summed E-state index contributed by atoms with van der Waals surface area (Å²) in [5.41, 5.74) is 0. The minimum atomic E-state index is -1.52. The van der Waals surface area contributed by atoms with Crippen LogP contribution in [0.3, 0.4) is 0 Å². The maximum absolute atomic E-state index is 13.0. The first-order chi connectivity index (χ1) is 43.6. The quantitative estimate of drug-likeness (QED) is 0.0211. The highest BCUT2D eigenvalue weighted by molar-refractivity contribution is 5.71. The normalized spacial score (nSPS) is 13.6. The molecule has 0 amide bonds. The van der Waals surface area contributed by atoms with E-state index in [2.05, 4.69) is 160 Å². The topological polar surface area (TPSA) is 108 Å². The molecule has 9 heteroatoms. The molecule has 0 spiro atoms. The molecule has 0 aromatic rings. The molecule has 0 saturated heterocycles. The van der Waals surface area contributed by atoms with Crippen molar-refractivity contribution in [3.63, 3.8) is 0 Å². The standard InChI is InChI=1S/C80H133NO8/c1-6-8-10-12-14-16-18-20-22-24-26-28-30-32-34-36-37-38-39-40-41-43-45-47-49-51-53-55-57-59-61-63-65-67-69-71-78(83)89-76(75-88-80(79(84)85)86-73-72-81(3,4)5)74-87-77(82)70-68-66-64-62-60-58-56-54-52-50-48-46-44-42-35-33-31-29-27-25-23-21-19-17-15-13-11-9-7-2/h8-11,14-17,20-23,26-29,32-35,37-38,44,46,76,80H,6-7,12-13,18-19,24-25,30-31,36,39-43,45,47-75H2,1-5H3/p+1/b10-8-,11-9-,16-14-,17-15-,22-20-,23-21-,28-26-,29-27-,34-32-,35-33-,38-37-,46-44-. The zero-order chi connectivity index (χ0) is 64.7. The molecule has 0 aliphatic rings. The molecular formula is C80H134NO8+. The van der Waals surface area contributed by atoms with E-state index in [1.807, 2.05) is 21.1 Å². The van der Waals surface area contributed by atoms with Crippen molar-refractivity contribution in [3.05, 3.63) is 146 Å². The number of esters is 2. The van der Waals surface area contributed by atoms with Crippen molar-refractivity contribution < 1.29 is 42.9 Å². The largest absolute Gasteiger partial charge is 0.477 e. The van der Waals surface area contributed by atoms with Gasteiger partial charge < -0.3 is 28.5 Å². The lowest BCUT2D eigenvalue weighted by molar-refractivity contribution is -0.870. The van der Waals surface area contributed by atoms with Gasteiger partial charge in [-0.15, -0.1) is 0 Å². The first kappa shape index (κ1) is 84.2. The second kappa shape index (κ2) is 69.1. The SMILES string of the molecule is CC/C=C\C/C=C\C/C=C\C/C=C\C/C=C\C/C=C\CCCCCCCCCCCCCCCCCCC(=O)OC(COC(=O)CCCCCCCCCCCC/C=C\C/C=C\C/C=C\C/C=C\C/C=C\C/C=C\CC)COC(OCC[N+](C)(C)C)C(=O)O. The molecule has 0 radical (unpaired) electrons. The number of carbonyl (C=O) groups is 3. The van der Waals surface area contributed by atoms with Crippen LogP contribution >= 0.6 is 0 Å². The molecule has 0 heterocycles. The first-order valence-electron chi connectivity index (χ1n) is 36.0. The summed E-state index contributed by atoms with van der Waals surface area (Å²) in [6, 6.07) is 0. The molecule has 0 aromatic carbocycles. The van der Waals surface area contributed by atoms with Gasteiger partial charge >= 0.3 is 17.9 Å². The number of allylic oxidation sites excluding steroid dienone is 24. The van der Waals surface area contributed by atoms with Crippen molar-refractivity contribution in [2.75, 3.05) is 47.5 Å². The summed E-state index contributed by atoms with van der Waals surface area (Å²) in [5.74, 6) is -2.01. The molecule has 2 atom stereocenters. The molecule has 0 aromatic heterocycles. The number of unbranched alkanes of at least 4 members (excludes halogenated alkanes) is 26. The van der Waals surface area contributed by atoms with Gasteiger partial charge in [-0.2, -0.15) is 0 Å². The minimum Gasteiger partial charge on any atom is -0.477 e. The Morgan fingerprint density at radius 1 is 0.337 bits per heavy atom. The summed E-state index contributed by atoms with van der Waals surface area (Å²) in [6.45, 7) is 4.65. The number of hydrogen-bond donors (Lipinski definition) is 1. The predicted octanol–water partition coefficient (Wildman–Crippen LogP) is 22.7. The summed E-state index contributed by atoms with van der Waals surface area (Å²) in [7, 11) is 5.97. The van der Waals surface area contributed by atoms with Gasteiger partial charge in [0, 0.05) is 12.8 Å². The van der Waals surface area contributed by atoms with E-state index >= 15 is 0 Å². The van der Waals surface area contributed by atoms with Crippen LogP contribution < -0.4 is 0 Å². The van der Waals surface area contributed by atoms with E-state index in [1.54, 1.807) is 0 Å². The fourth-order valence-electron chi connectivity index (χ4n) is 9.67. The van der Waals surface area contributed by atoms with E-state index < -0.39 is 24.3 Å². The van der Waals surface area contributed by atoms with Crippen LogP contribution in [0.25, 0.3) is 0 Å². The Morgan fingerprint density at radius 2 is 0.607 bits per heavy atom. The maximum atomic E-state index is 13.0. The van der Waals surface area contributed by atoms with E-state index in [-0.39, 0.29) is 32.2 Å². The molecule has 0 fully saturated rings. The number of carbonyl (C=O) groups excluding carboxylic acids is 2. The molecular weight excluding hydrogens is 1100 g/mol. The van der Waals surface area contributed by atoms with Crippen molar-refractivity contribution in [2.45, 2.75) is 296 Å². The van der Waals surface area contributed by atoms with E-state index in [9.17, 15) is 19.5 Å². The van der Waals surface area contributed by atoms with Crippen molar-refractivity contribution in [2.24, 2.45) is 0 Å². The van der Waals surface area contributed by atoms with Gasteiger partial charge in [0.1, 0.15) is 13.2 Å². The highest BCUT2D eigenvalue weighted by Crippen LogP contribution is 2.17. The number of carboxylic acid groups (broad SMARTS) is 1. The molecule has 89 heavy (non-hydrogen) atoms. The number of aliphatic carboxylic acids is 1. The van der Waals surface area contributed by atoms with Crippen LogP contribution in [0.2, 0.25) is 0 Å². The number of hydrogen-bond acceptors (Lipinski definition) is 7. The van der Waals surface area contributed by atoms with Crippen molar-refractivity contribution in [3.8, 4) is 0 Å². The lowest BCUT2D eigenvalue weighted by Crippen LogP contribution is -2.40. The van der Waals surface area contributed by atoms with Crippen LogP contribution in [0.15, 0.2) is 146 Å². The van der Waals surface area contributed by atoms with Crippen LogP contribution in [-0.4, -0.2) is 87.4 Å². The molecule has 9 nitrogen and oxygen atoms in total. The summed E-state index contributed by atoms with van der Waals surface area (Å²) >= 11 is 0. The Morgan fingerprint density at radius 3 is 0.899 bits per heavy atom. The van der Waals surface area contributed by atoms with Crippen molar-refractivity contribution >= 4 is 17.9 Å². The lowest BCUT2D eigenvalue weighted by Gasteiger charge is -2.25. The first-order valence-corrected chi connectivity index (χ1v) is 36.0. The number of quaternary nitrogens is 1. The number of carboxylic acids is 1. The zero-order valence-electron chi connectivity index (χ0n) is 57.8. The smallest absolute Gasteiger partial charge is 0.361 e. The molecule has 0 aliphatic heterocycles. The summed E-state index contributed by atoms with van der Waals surface area (Å²) < 4.78 is 23.0. The van der Waals surface area contributed by atoms with Crippen LogP contribution in [0.1, 0.15) is 284 Å². The monoisotopic (exact) mass is 1240 g/mol. The molecule has 0 saturated carbocycles. The van der Waals surface area contributed by atoms with Gasteiger partial charge in [-0.1, -0.05) is 301 Å². The van der Waals surface area contributed by atoms with Crippen LogP contribution in [0.4, 0.5) is 0 Å². The maximum Gasteiger partial charge on any atom is 0.361 e. The number of ether oxygens (including phenoxy) is 4. The highest BCUT2D eigenvalue weighted by atomic mass is 16.7. The van der Waals surface area contributed by atoms with E-state index in [1.165, 1.54) is 135 Å². The number of likely N-dealkylation sites (N-methyl/N-ethyl adjacent to an activating group) is 1. The Balaban J connectivity index is 4.13. The third kappa shape index (κ3) is 70.5. The average Bonchev–Trinajstić information content (AvgIpc) is 3.64. The number of rotatable bonds is 65. The van der Waals surface area contributed by atoms with Gasteiger partial charge in [0.2, 0.25) is 0 Å². The van der Waals surface area contributed by atoms with Gasteiger partial charge in [0.25, 0.3) is 6.29 Å². The molecule has 0 bridgehead atoms. The summed E-state index contributed by atoms with van der Waals surface area (Å²) in [6.07, 6.45) is 98.1. The van der Waals surface area contributed by atoms with Gasteiger partial charge in [-0.3, -0.25) is 9.59 Å². The Hall–Kier alpha value is -4.83. The molecule has 0 aliphatic carbocycles. The molecule has 0 rings (SSSR count). The van der Waals surface area contributed by atoms with Gasteiger partial charge in [-0.25, -0.2) is 4.79 Å². The van der Waals surface area contributed by atoms with Crippen molar-refractivity contribution in [1.82, 2.24) is 0 Å². The fraction of sp³-hybridized carbons (Fsp3) is 0.662. The van der Waals surface area contributed by atoms with E-state index in [0.717, 1.165) is 116 Å². The van der Waals surface area contributed by atoms with Crippen LogP contribution in [-0.2, 0) is 33.3 Å². The van der Waals surface area contributed by atoms with E-state index in [4.69, 9.17) is 18.9 Å². The average molecular weight is 1240 g/mol. The second-order valence-corrected chi connectivity index (χ2v) is 24.8.